The van der Waals surface area contributed by atoms with Gasteiger partial charge in [-0.05, 0) is 46.0 Å². The molecule has 3 heteroatoms. The third kappa shape index (κ3) is 5.96. The second-order valence-electron chi connectivity index (χ2n) is 5.93. The normalized spacial score (nSPS) is 11.4. The summed E-state index contributed by atoms with van der Waals surface area (Å²) < 4.78 is 1.18. The first-order valence-electron chi connectivity index (χ1n) is 7.13. The molecule has 0 atom stereocenters. The Balaban J connectivity index is 2.65. The van der Waals surface area contributed by atoms with E-state index in [0.717, 1.165) is 19.0 Å². The summed E-state index contributed by atoms with van der Waals surface area (Å²) in [5, 5.41) is 3.44. The van der Waals surface area contributed by atoms with Crippen molar-refractivity contribution in [3.8, 4) is 0 Å². The monoisotopic (exact) mass is 326 g/mol. The van der Waals surface area contributed by atoms with Gasteiger partial charge in [0.2, 0.25) is 0 Å². The molecule has 0 spiro atoms. The zero-order valence-electron chi connectivity index (χ0n) is 12.8. The van der Waals surface area contributed by atoms with Gasteiger partial charge in [-0.2, -0.15) is 0 Å². The Morgan fingerprint density at radius 3 is 2.42 bits per heavy atom. The van der Waals surface area contributed by atoms with Crippen LogP contribution in [0.1, 0.15) is 39.7 Å². The second kappa shape index (κ2) is 7.91. The highest BCUT2D eigenvalue weighted by Crippen LogP contribution is 2.27. The average Bonchev–Trinajstić information content (AvgIpc) is 2.33. The number of hydrogen-bond donors (Lipinski definition) is 1. The molecular formula is C16H27BrN2. The first-order chi connectivity index (χ1) is 8.90. The van der Waals surface area contributed by atoms with Gasteiger partial charge in [0.1, 0.15) is 0 Å². The van der Waals surface area contributed by atoms with Crippen molar-refractivity contribution in [1.29, 1.82) is 0 Å². The molecule has 0 aliphatic heterocycles. The van der Waals surface area contributed by atoms with Gasteiger partial charge in [-0.1, -0.05) is 33.8 Å². The van der Waals surface area contributed by atoms with Crippen molar-refractivity contribution in [2.24, 2.45) is 5.92 Å². The Labute approximate surface area is 126 Å². The van der Waals surface area contributed by atoms with E-state index in [1.165, 1.54) is 22.1 Å². The number of benzene rings is 1. The van der Waals surface area contributed by atoms with E-state index in [0.29, 0.717) is 6.04 Å². The molecular weight excluding hydrogens is 300 g/mol. The predicted octanol–water partition coefficient (Wildman–Crippen LogP) is 4.43. The number of rotatable bonds is 7. The molecule has 0 saturated carbocycles. The lowest BCUT2D eigenvalue weighted by atomic mass is 10.1. The number of anilines is 1. The Morgan fingerprint density at radius 1 is 1.21 bits per heavy atom. The Bertz CT molecular complexity index is 388. The Morgan fingerprint density at radius 2 is 1.89 bits per heavy atom. The van der Waals surface area contributed by atoms with E-state index in [9.17, 15) is 0 Å². The third-order valence-electron chi connectivity index (χ3n) is 3.18. The van der Waals surface area contributed by atoms with Gasteiger partial charge in [0.05, 0.1) is 5.69 Å². The van der Waals surface area contributed by atoms with E-state index in [2.05, 4.69) is 79.1 Å². The van der Waals surface area contributed by atoms with E-state index in [1.807, 2.05) is 0 Å². The fraction of sp³-hybridized carbons (Fsp3) is 0.625. The maximum atomic E-state index is 3.69. The van der Waals surface area contributed by atoms with E-state index < -0.39 is 0 Å². The van der Waals surface area contributed by atoms with Crippen molar-refractivity contribution in [1.82, 2.24) is 5.32 Å². The molecule has 0 aromatic heterocycles. The fourth-order valence-electron chi connectivity index (χ4n) is 1.86. The van der Waals surface area contributed by atoms with E-state index in [4.69, 9.17) is 0 Å². The molecule has 108 valence electrons. The highest BCUT2D eigenvalue weighted by molar-refractivity contribution is 9.10. The van der Waals surface area contributed by atoms with Gasteiger partial charge in [-0.25, -0.2) is 0 Å². The van der Waals surface area contributed by atoms with Gasteiger partial charge < -0.3 is 10.2 Å². The fourth-order valence-corrected chi connectivity index (χ4v) is 2.59. The number of halogens is 1. The summed E-state index contributed by atoms with van der Waals surface area (Å²) in [5.41, 5.74) is 2.59. The zero-order valence-corrected chi connectivity index (χ0v) is 14.4. The van der Waals surface area contributed by atoms with Crippen LogP contribution in [-0.2, 0) is 6.54 Å². The van der Waals surface area contributed by atoms with Gasteiger partial charge >= 0.3 is 0 Å². The summed E-state index contributed by atoms with van der Waals surface area (Å²) in [6.45, 7) is 10.9. The minimum atomic E-state index is 0.521. The molecule has 0 heterocycles. The zero-order chi connectivity index (χ0) is 14.4. The molecule has 0 aliphatic carbocycles. The van der Waals surface area contributed by atoms with E-state index in [-0.39, 0.29) is 0 Å². The second-order valence-corrected chi connectivity index (χ2v) is 6.78. The summed E-state index contributed by atoms with van der Waals surface area (Å²) in [7, 11) is 2.16. The number of hydrogen-bond acceptors (Lipinski definition) is 2. The van der Waals surface area contributed by atoms with E-state index in [1.54, 1.807) is 0 Å². The maximum absolute atomic E-state index is 3.69. The van der Waals surface area contributed by atoms with Gasteiger partial charge in [0.25, 0.3) is 0 Å². The molecule has 19 heavy (non-hydrogen) atoms. The molecule has 1 N–H and O–H groups in total. The van der Waals surface area contributed by atoms with Crippen molar-refractivity contribution in [3.05, 3.63) is 28.2 Å². The summed E-state index contributed by atoms with van der Waals surface area (Å²) in [6.07, 6.45) is 1.22. The minimum Gasteiger partial charge on any atom is -0.374 e. The van der Waals surface area contributed by atoms with Crippen LogP contribution in [0.4, 0.5) is 5.69 Å². The van der Waals surface area contributed by atoms with Crippen molar-refractivity contribution in [2.75, 3.05) is 18.5 Å². The van der Waals surface area contributed by atoms with Gasteiger partial charge in [0, 0.05) is 30.7 Å². The minimum absolute atomic E-state index is 0.521. The highest BCUT2D eigenvalue weighted by atomic mass is 79.9. The number of nitrogens with one attached hydrogen (secondary N) is 1. The van der Waals surface area contributed by atoms with Crippen molar-refractivity contribution in [3.63, 3.8) is 0 Å². The lowest BCUT2D eigenvalue weighted by molar-refractivity contribution is 0.584. The van der Waals surface area contributed by atoms with Crippen molar-refractivity contribution < 1.29 is 0 Å². The SMILES string of the molecule is CC(C)CCN(C)c1ccc(CNC(C)C)cc1Br. The van der Waals surface area contributed by atoms with Crippen LogP contribution in [-0.4, -0.2) is 19.6 Å². The Kier molecular flexibility index (Phi) is 6.87. The van der Waals surface area contributed by atoms with E-state index >= 15 is 0 Å². The van der Waals surface area contributed by atoms with Crippen LogP contribution in [0.15, 0.2) is 22.7 Å². The highest BCUT2D eigenvalue weighted by Gasteiger charge is 2.07. The van der Waals surface area contributed by atoms with Crippen LogP contribution in [0.2, 0.25) is 0 Å². The lowest BCUT2D eigenvalue weighted by Gasteiger charge is -2.22. The molecule has 0 radical (unpaired) electrons. The summed E-state index contributed by atoms with van der Waals surface area (Å²) >= 11 is 3.69. The lowest BCUT2D eigenvalue weighted by Crippen LogP contribution is -2.22. The molecule has 1 aromatic rings. The van der Waals surface area contributed by atoms with Gasteiger partial charge in [-0.15, -0.1) is 0 Å². The van der Waals surface area contributed by atoms with Gasteiger partial charge in [0.15, 0.2) is 0 Å². The molecule has 1 rings (SSSR count). The van der Waals surface area contributed by atoms with Crippen LogP contribution in [0.3, 0.4) is 0 Å². The molecule has 0 bridgehead atoms. The molecule has 0 saturated heterocycles. The molecule has 2 nitrogen and oxygen atoms in total. The van der Waals surface area contributed by atoms with Crippen LogP contribution >= 0.6 is 15.9 Å². The first-order valence-corrected chi connectivity index (χ1v) is 7.92. The van der Waals surface area contributed by atoms with Crippen molar-refractivity contribution in [2.45, 2.75) is 46.7 Å². The van der Waals surface area contributed by atoms with Crippen molar-refractivity contribution >= 4 is 21.6 Å². The molecule has 1 aromatic carbocycles. The van der Waals surface area contributed by atoms with Crippen LogP contribution in [0.25, 0.3) is 0 Å². The van der Waals surface area contributed by atoms with Crippen LogP contribution in [0, 0.1) is 5.92 Å². The standard InChI is InChI=1S/C16H27BrN2/c1-12(2)8-9-19(5)16-7-6-14(10-15(16)17)11-18-13(3)4/h6-7,10,12-13,18H,8-9,11H2,1-5H3. The van der Waals surface area contributed by atoms with Gasteiger partial charge in [-0.3, -0.25) is 0 Å². The largest absolute Gasteiger partial charge is 0.374 e. The van der Waals surface area contributed by atoms with Crippen LogP contribution in [0.5, 0.6) is 0 Å². The first kappa shape index (κ1) is 16.5. The Hall–Kier alpha value is -0.540. The quantitative estimate of drug-likeness (QED) is 0.797. The molecule has 0 aliphatic rings. The topological polar surface area (TPSA) is 15.3 Å². The predicted molar refractivity (Wildman–Crippen MR) is 88.8 cm³/mol. The molecule has 0 unspecified atom stereocenters. The third-order valence-corrected chi connectivity index (χ3v) is 3.81. The number of nitrogens with zero attached hydrogens (tertiary/aromatic N) is 1. The molecule has 0 fully saturated rings. The van der Waals surface area contributed by atoms with Crippen LogP contribution < -0.4 is 10.2 Å². The average molecular weight is 327 g/mol. The summed E-state index contributed by atoms with van der Waals surface area (Å²) in [4.78, 5) is 2.32. The summed E-state index contributed by atoms with van der Waals surface area (Å²) in [6, 6.07) is 7.16. The summed E-state index contributed by atoms with van der Waals surface area (Å²) in [5.74, 6) is 0.746. The smallest absolute Gasteiger partial charge is 0.0508 e. The molecule has 0 amide bonds. The maximum Gasteiger partial charge on any atom is 0.0508 e.